The molecule has 1 aromatic carbocycles. The predicted octanol–water partition coefficient (Wildman–Crippen LogP) is 5.36. The van der Waals surface area contributed by atoms with Crippen LogP contribution < -0.4 is 0 Å². The van der Waals surface area contributed by atoms with Gasteiger partial charge in [-0.25, -0.2) is 14.8 Å². The Labute approximate surface area is 168 Å². The summed E-state index contributed by atoms with van der Waals surface area (Å²) in [4.78, 5) is 19.6. The first kappa shape index (κ1) is 23.0. The van der Waals surface area contributed by atoms with Gasteiger partial charge < -0.3 is 10.2 Å². The van der Waals surface area contributed by atoms with E-state index in [9.17, 15) is 4.79 Å². The number of hydrogen-bond acceptors (Lipinski definition) is 5. The normalized spacial score (nSPS) is 9.85. The van der Waals surface area contributed by atoms with Crippen molar-refractivity contribution in [1.82, 2.24) is 9.97 Å². The summed E-state index contributed by atoms with van der Waals surface area (Å²) in [5.74, 6) is -1.03. The van der Waals surface area contributed by atoms with Gasteiger partial charge in [-0.3, -0.25) is 0 Å². The van der Waals surface area contributed by atoms with Gasteiger partial charge in [0.15, 0.2) is 0 Å². The Morgan fingerprint density at radius 2 is 1.89 bits per heavy atom. The zero-order chi connectivity index (χ0) is 20.4. The van der Waals surface area contributed by atoms with Gasteiger partial charge in [0.1, 0.15) is 5.69 Å². The zero-order valence-electron chi connectivity index (χ0n) is 16.0. The maximum atomic E-state index is 11.0. The molecule has 3 rings (SSSR count). The second kappa shape index (κ2) is 11.6. The van der Waals surface area contributed by atoms with Crippen molar-refractivity contribution in [2.75, 3.05) is 6.61 Å². The standard InChI is InChI=1S/C15H11ClN2O2S.C3H8O.C2H6/c1-8-17-14-9(5-10(16)7-13(14)21-8)6-11-3-2-4-12(18-11)15(19)20;1-2-3-4;1-2/h2-5,7H,6H2,1H3,(H,19,20);4H,2-3H2,1H3;1-2H3. The highest BCUT2D eigenvalue weighted by Gasteiger charge is 2.11. The Hall–Kier alpha value is -2.02. The van der Waals surface area contributed by atoms with Crippen molar-refractivity contribution in [2.24, 2.45) is 0 Å². The van der Waals surface area contributed by atoms with Gasteiger partial charge in [0.05, 0.1) is 15.2 Å². The topological polar surface area (TPSA) is 83.3 Å². The highest BCUT2D eigenvalue weighted by molar-refractivity contribution is 7.18. The van der Waals surface area contributed by atoms with E-state index in [1.54, 1.807) is 23.5 Å². The SMILES string of the molecule is CC.CCCO.Cc1nc2c(Cc3cccc(C(=O)O)n3)cc(Cl)cc2s1. The molecule has 146 valence electrons. The van der Waals surface area contributed by atoms with Gasteiger partial charge in [-0.15, -0.1) is 11.3 Å². The minimum atomic E-state index is -1.03. The number of pyridine rings is 1. The molecule has 3 aromatic rings. The molecule has 27 heavy (non-hydrogen) atoms. The average Bonchev–Trinajstić information content (AvgIpc) is 3.04. The minimum Gasteiger partial charge on any atom is -0.477 e. The molecule has 2 heterocycles. The van der Waals surface area contributed by atoms with Crippen LogP contribution in [0.4, 0.5) is 0 Å². The Bertz CT molecular complexity index is 879. The van der Waals surface area contributed by atoms with Crippen LogP contribution in [-0.2, 0) is 6.42 Å². The fourth-order valence-corrected chi connectivity index (χ4v) is 3.42. The lowest BCUT2D eigenvalue weighted by Gasteiger charge is -2.04. The van der Waals surface area contributed by atoms with Gasteiger partial charge >= 0.3 is 5.97 Å². The molecule has 0 fully saturated rings. The summed E-state index contributed by atoms with van der Waals surface area (Å²) in [6, 6.07) is 8.73. The number of nitrogens with zero attached hydrogens (tertiary/aromatic N) is 2. The molecule has 0 saturated carbocycles. The number of rotatable bonds is 4. The maximum absolute atomic E-state index is 11.0. The van der Waals surface area contributed by atoms with E-state index in [2.05, 4.69) is 9.97 Å². The Balaban J connectivity index is 0.000000541. The summed E-state index contributed by atoms with van der Waals surface area (Å²) in [6.07, 6.45) is 1.38. The van der Waals surface area contributed by atoms with E-state index in [1.807, 2.05) is 39.8 Å². The molecule has 0 radical (unpaired) electrons. The molecule has 0 atom stereocenters. The number of carbonyl (C=O) groups is 1. The van der Waals surface area contributed by atoms with Crippen molar-refractivity contribution in [3.8, 4) is 0 Å². The van der Waals surface area contributed by atoms with E-state index < -0.39 is 5.97 Å². The number of aliphatic hydroxyl groups is 1. The van der Waals surface area contributed by atoms with Gasteiger partial charge in [-0.05, 0) is 43.2 Å². The number of thiazole rings is 1. The van der Waals surface area contributed by atoms with Gasteiger partial charge in [0.2, 0.25) is 0 Å². The number of carboxylic acid groups (broad SMARTS) is 1. The number of aryl methyl sites for hydroxylation is 1. The highest BCUT2D eigenvalue weighted by Crippen LogP contribution is 2.29. The van der Waals surface area contributed by atoms with Crippen molar-refractivity contribution < 1.29 is 15.0 Å². The van der Waals surface area contributed by atoms with Crippen LogP contribution in [0.3, 0.4) is 0 Å². The maximum Gasteiger partial charge on any atom is 0.354 e. The summed E-state index contributed by atoms with van der Waals surface area (Å²) in [5.41, 5.74) is 2.59. The number of hydrogen-bond donors (Lipinski definition) is 2. The highest BCUT2D eigenvalue weighted by atomic mass is 35.5. The van der Waals surface area contributed by atoms with E-state index in [4.69, 9.17) is 21.8 Å². The first-order valence-electron chi connectivity index (χ1n) is 8.80. The molecule has 0 spiro atoms. The molecule has 5 nitrogen and oxygen atoms in total. The number of aliphatic hydroxyl groups excluding tert-OH is 1. The largest absolute Gasteiger partial charge is 0.477 e. The summed E-state index contributed by atoms with van der Waals surface area (Å²) in [5, 5.41) is 18.5. The van der Waals surface area contributed by atoms with Crippen LogP contribution in [0.15, 0.2) is 30.3 Å². The Kier molecular flexibility index (Phi) is 9.93. The number of aromatic carboxylic acids is 1. The molecule has 0 amide bonds. The van der Waals surface area contributed by atoms with Crippen molar-refractivity contribution in [2.45, 2.75) is 40.5 Å². The number of benzene rings is 1. The third kappa shape index (κ3) is 6.90. The third-order valence-electron chi connectivity index (χ3n) is 3.27. The molecular formula is C20H25ClN2O3S. The second-order valence-corrected chi connectivity index (χ2v) is 7.04. The molecule has 0 aliphatic rings. The lowest BCUT2D eigenvalue weighted by molar-refractivity contribution is 0.0690. The molecule has 0 aliphatic carbocycles. The summed E-state index contributed by atoms with van der Waals surface area (Å²) >= 11 is 7.73. The van der Waals surface area contributed by atoms with Crippen molar-refractivity contribution in [1.29, 1.82) is 0 Å². The van der Waals surface area contributed by atoms with E-state index in [0.29, 0.717) is 23.7 Å². The molecule has 2 N–H and O–H groups in total. The van der Waals surface area contributed by atoms with E-state index in [0.717, 1.165) is 27.2 Å². The molecule has 0 bridgehead atoms. The summed E-state index contributed by atoms with van der Waals surface area (Å²) in [7, 11) is 0. The van der Waals surface area contributed by atoms with Gasteiger partial charge in [0, 0.05) is 23.7 Å². The van der Waals surface area contributed by atoms with Crippen LogP contribution in [0.2, 0.25) is 5.02 Å². The second-order valence-electron chi connectivity index (χ2n) is 5.36. The fraction of sp³-hybridized carbons (Fsp3) is 0.350. The van der Waals surface area contributed by atoms with Crippen LogP contribution in [0.5, 0.6) is 0 Å². The van der Waals surface area contributed by atoms with E-state index in [1.165, 1.54) is 6.07 Å². The molecule has 0 saturated heterocycles. The zero-order valence-corrected chi connectivity index (χ0v) is 17.6. The molecule has 0 unspecified atom stereocenters. The van der Waals surface area contributed by atoms with Crippen LogP contribution in [-0.4, -0.2) is 32.8 Å². The molecular weight excluding hydrogens is 384 g/mol. The van der Waals surface area contributed by atoms with Crippen LogP contribution in [0.25, 0.3) is 10.2 Å². The van der Waals surface area contributed by atoms with Crippen molar-refractivity contribution >= 4 is 39.1 Å². The quantitative estimate of drug-likeness (QED) is 0.607. The number of fused-ring (bicyclic) bond motifs is 1. The third-order valence-corrected chi connectivity index (χ3v) is 4.40. The fourth-order valence-electron chi connectivity index (χ4n) is 2.20. The molecule has 2 aromatic heterocycles. The first-order valence-corrected chi connectivity index (χ1v) is 9.99. The summed E-state index contributed by atoms with van der Waals surface area (Å²) < 4.78 is 1.03. The molecule has 0 aliphatic heterocycles. The Morgan fingerprint density at radius 3 is 2.48 bits per heavy atom. The predicted molar refractivity (Wildman–Crippen MR) is 112 cm³/mol. The van der Waals surface area contributed by atoms with Crippen molar-refractivity contribution in [3.63, 3.8) is 0 Å². The lowest BCUT2D eigenvalue weighted by atomic mass is 10.1. The van der Waals surface area contributed by atoms with Crippen LogP contribution >= 0.6 is 22.9 Å². The first-order chi connectivity index (χ1) is 12.9. The van der Waals surface area contributed by atoms with E-state index >= 15 is 0 Å². The van der Waals surface area contributed by atoms with E-state index in [-0.39, 0.29) is 5.69 Å². The van der Waals surface area contributed by atoms with Crippen LogP contribution in [0, 0.1) is 6.92 Å². The summed E-state index contributed by atoms with van der Waals surface area (Å²) in [6.45, 7) is 8.20. The number of halogens is 1. The van der Waals surface area contributed by atoms with Gasteiger partial charge in [0.25, 0.3) is 0 Å². The molecule has 7 heteroatoms. The lowest BCUT2D eigenvalue weighted by Crippen LogP contribution is -2.03. The van der Waals surface area contributed by atoms with Crippen molar-refractivity contribution in [3.05, 3.63) is 57.3 Å². The monoisotopic (exact) mass is 408 g/mol. The Morgan fingerprint density at radius 1 is 1.22 bits per heavy atom. The minimum absolute atomic E-state index is 0.0419. The van der Waals surface area contributed by atoms with Gasteiger partial charge in [-0.2, -0.15) is 0 Å². The smallest absolute Gasteiger partial charge is 0.354 e. The number of carboxylic acids is 1. The van der Waals surface area contributed by atoms with Gasteiger partial charge in [-0.1, -0.05) is 38.4 Å². The number of aromatic nitrogens is 2. The average molecular weight is 409 g/mol. The van der Waals surface area contributed by atoms with Crippen LogP contribution in [0.1, 0.15) is 53.9 Å².